The van der Waals surface area contributed by atoms with Gasteiger partial charge in [-0.05, 0) is 31.2 Å². The topological polar surface area (TPSA) is 103 Å². The Morgan fingerprint density at radius 1 is 1.30 bits per heavy atom. The second-order valence-electron chi connectivity index (χ2n) is 4.62. The monoisotopic (exact) mass is 295 g/mol. The van der Waals surface area contributed by atoms with E-state index in [1.165, 1.54) is 18.2 Å². The highest BCUT2D eigenvalue weighted by Crippen LogP contribution is 2.27. The number of hydrogen-bond donors (Lipinski definition) is 2. The van der Waals surface area contributed by atoms with Crippen molar-refractivity contribution in [2.24, 2.45) is 5.14 Å². The van der Waals surface area contributed by atoms with Crippen molar-refractivity contribution >= 4 is 21.4 Å². The minimum absolute atomic E-state index is 0.0393. The summed E-state index contributed by atoms with van der Waals surface area (Å²) < 4.78 is 28.0. The maximum atomic E-state index is 11.4. The molecule has 1 aromatic carbocycles. The molecule has 2 rings (SSSR count). The van der Waals surface area contributed by atoms with Gasteiger partial charge in [0, 0.05) is 19.2 Å². The zero-order valence-corrected chi connectivity index (χ0v) is 12.1. The number of rotatable bonds is 4. The molecule has 0 fully saturated rings. The van der Waals surface area contributed by atoms with E-state index < -0.39 is 10.0 Å². The van der Waals surface area contributed by atoms with Crippen LogP contribution in [0.2, 0.25) is 0 Å². The van der Waals surface area contributed by atoms with Crippen molar-refractivity contribution in [3.8, 4) is 0 Å². The minimum atomic E-state index is -3.75. The number of nitrogens with zero attached hydrogens (tertiary/aromatic N) is 1. The number of aryl methyl sites for hydroxylation is 1. The molecule has 6 nitrogen and oxygen atoms in total. The summed E-state index contributed by atoms with van der Waals surface area (Å²) in [4.78, 5) is 1.89. The SMILES string of the molecule is Cc1occc1CN(C)c1cc(S(N)(=O)=O)ccc1N. The number of primary sulfonamides is 1. The summed E-state index contributed by atoms with van der Waals surface area (Å²) in [6.07, 6.45) is 1.61. The first-order chi connectivity index (χ1) is 9.29. The highest BCUT2D eigenvalue weighted by molar-refractivity contribution is 7.89. The van der Waals surface area contributed by atoms with Crippen molar-refractivity contribution in [2.75, 3.05) is 17.7 Å². The molecule has 1 heterocycles. The van der Waals surface area contributed by atoms with Gasteiger partial charge >= 0.3 is 0 Å². The lowest BCUT2D eigenvalue weighted by molar-refractivity contribution is 0.529. The number of sulfonamides is 1. The first-order valence-electron chi connectivity index (χ1n) is 5.95. The first kappa shape index (κ1) is 14.4. The largest absolute Gasteiger partial charge is 0.469 e. The number of anilines is 2. The standard InChI is InChI=1S/C13H17N3O3S/c1-9-10(5-6-19-9)8-16(2)13-7-11(20(15,17)18)3-4-12(13)14/h3-7H,8,14H2,1-2H3,(H2,15,17,18). The molecular weight excluding hydrogens is 278 g/mol. The molecule has 7 heteroatoms. The molecule has 0 aliphatic rings. The van der Waals surface area contributed by atoms with Crippen molar-refractivity contribution < 1.29 is 12.8 Å². The average molecular weight is 295 g/mol. The van der Waals surface area contributed by atoms with Crippen LogP contribution >= 0.6 is 0 Å². The van der Waals surface area contributed by atoms with E-state index in [0.717, 1.165) is 11.3 Å². The third-order valence-corrected chi connectivity index (χ3v) is 4.03. The van der Waals surface area contributed by atoms with Crippen LogP contribution < -0.4 is 15.8 Å². The van der Waals surface area contributed by atoms with Crippen LogP contribution in [0.1, 0.15) is 11.3 Å². The van der Waals surface area contributed by atoms with Crippen molar-refractivity contribution in [3.05, 3.63) is 41.9 Å². The van der Waals surface area contributed by atoms with Crippen LogP contribution in [0.4, 0.5) is 11.4 Å². The molecule has 0 saturated heterocycles. The molecule has 2 aromatic rings. The number of hydrogen-bond acceptors (Lipinski definition) is 5. The summed E-state index contributed by atoms with van der Waals surface area (Å²) in [5, 5.41) is 5.13. The summed E-state index contributed by atoms with van der Waals surface area (Å²) >= 11 is 0. The molecule has 0 amide bonds. The summed E-state index contributed by atoms with van der Waals surface area (Å²) in [6, 6.07) is 6.27. The van der Waals surface area contributed by atoms with Crippen molar-refractivity contribution in [1.82, 2.24) is 0 Å². The fourth-order valence-corrected chi connectivity index (χ4v) is 2.48. The number of benzene rings is 1. The lowest BCUT2D eigenvalue weighted by Gasteiger charge is -2.21. The van der Waals surface area contributed by atoms with E-state index in [4.69, 9.17) is 15.3 Å². The van der Waals surface area contributed by atoms with Crippen LogP contribution in [0.3, 0.4) is 0 Å². The van der Waals surface area contributed by atoms with Gasteiger partial charge in [-0.15, -0.1) is 0 Å². The second kappa shape index (κ2) is 5.18. The molecule has 0 atom stereocenters. The van der Waals surface area contributed by atoms with E-state index >= 15 is 0 Å². The minimum Gasteiger partial charge on any atom is -0.469 e. The van der Waals surface area contributed by atoms with Gasteiger partial charge in [-0.1, -0.05) is 0 Å². The molecule has 1 aromatic heterocycles. The lowest BCUT2D eigenvalue weighted by Crippen LogP contribution is -2.19. The van der Waals surface area contributed by atoms with Gasteiger partial charge in [0.25, 0.3) is 0 Å². The molecule has 20 heavy (non-hydrogen) atoms. The third kappa shape index (κ3) is 2.94. The van der Waals surface area contributed by atoms with Gasteiger partial charge in [0.15, 0.2) is 0 Å². The molecule has 0 aliphatic carbocycles. The van der Waals surface area contributed by atoms with Crippen LogP contribution in [-0.4, -0.2) is 15.5 Å². The fourth-order valence-electron chi connectivity index (χ4n) is 1.95. The fraction of sp³-hybridized carbons (Fsp3) is 0.231. The van der Waals surface area contributed by atoms with Crippen LogP contribution in [0.25, 0.3) is 0 Å². The second-order valence-corrected chi connectivity index (χ2v) is 6.19. The Hall–Kier alpha value is -1.99. The van der Waals surface area contributed by atoms with Gasteiger partial charge in [-0.2, -0.15) is 0 Å². The van der Waals surface area contributed by atoms with E-state index in [1.807, 2.05) is 24.9 Å². The first-order valence-corrected chi connectivity index (χ1v) is 7.50. The molecular formula is C13H17N3O3S. The maximum absolute atomic E-state index is 11.4. The zero-order chi connectivity index (χ0) is 14.9. The summed E-state index contributed by atoms with van der Waals surface area (Å²) in [5.74, 6) is 0.818. The van der Waals surface area contributed by atoms with Crippen molar-refractivity contribution in [1.29, 1.82) is 0 Å². The molecule has 0 unspecified atom stereocenters. The van der Waals surface area contributed by atoms with Crippen LogP contribution in [0.15, 0.2) is 39.8 Å². The van der Waals surface area contributed by atoms with Gasteiger partial charge < -0.3 is 15.1 Å². The molecule has 0 radical (unpaired) electrons. The van der Waals surface area contributed by atoms with Gasteiger partial charge in [0.05, 0.1) is 22.5 Å². The molecule has 0 aliphatic heterocycles. The van der Waals surface area contributed by atoms with Gasteiger partial charge in [0.2, 0.25) is 10.0 Å². The predicted octanol–water partition coefficient (Wildman–Crippen LogP) is 1.45. The Labute approximate surface area is 118 Å². The van der Waals surface area contributed by atoms with Crippen molar-refractivity contribution in [3.63, 3.8) is 0 Å². The van der Waals surface area contributed by atoms with Crippen molar-refractivity contribution in [2.45, 2.75) is 18.4 Å². The zero-order valence-electron chi connectivity index (χ0n) is 11.3. The van der Waals surface area contributed by atoms with E-state index in [9.17, 15) is 8.42 Å². The normalized spacial score (nSPS) is 11.6. The van der Waals surface area contributed by atoms with E-state index in [1.54, 1.807) is 6.26 Å². The average Bonchev–Trinajstić information content (AvgIpc) is 2.74. The van der Waals surface area contributed by atoms with Crippen LogP contribution in [0.5, 0.6) is 0 Å². The maximum Gasteiger partial charge on any atom is 0.238 e. The third-order valence-electron chi connectivity index (χ3n) is 3.12. The predicted molar refractivity (Wildman–Crippen MR) is 77.8 cm³/mol. The van der Waals surface area contributed by atoms with Crippen LogP contribution in [0, 0.1) is 6.92 Å². The van der Waals surface area contributed by atoms with E-state index in [-0.39, 0.29) is 4.90 Å². The Bertz CT molecular complexity index is 722. The van der Waals surface area contributed by atoms with Crippen LogP contribution in [-0.2, 0) is 16.6 Å². The van der Waals surface area contributed by atoms with E-state index in [0.29, 0.717) is 17.9 Å². The smallest absolute Gasteiger partial charge is 0.238 e. The Kier molecular flexibility index (Phi) is 3.74. The Morgan fingerprint density at radius 2 is 2.00 bits per heavy atom. The summed E-state index contributed by atoms with van der Waals surface area (Å²) in [7, 11) is -1.92. The highest BCUT2D eigenvalue weighted by Gasteiger charge is 2.14. The van der Waals surface area contributed by atoms with Gasteiger partial charge in [0.1, 0.15) is 5.76 Å². The number of furan rings is 1. The molecule has 0 spiro atoms. The number of nitrogen functional groups attached to an aromatic ring is 1. The summed E-state index contributed by atoms with van der Waals surface area (Å²) in [5.41, 5.74) is 8.00. The quantitative estimate of drug-likeness (QED) is 0.831. The molecule has 4 N–H and O–H groups in total. The molecule has 108 valence electrons. The van der Waals surface area contributed by atoms with Gasteiger partial charge in [-0.25, -0.2) is 13.6 Å². The summed E-state index contributed by atoms with van der Waals surface area (Å²) in [6.45, 7) is 2.42. The number of nitrogens with two attached hydrogens (primary N) is 2. The molecule has 0 saturated carbocycles. The Morgan fingerprint density at radius 3 is 2.55 bits per heavy atom. The molecule has 0 bridgehead atoms. The Balaban J connectivity index is 2.34. The van der Waals surface area contributed by atoms with E-state index in [2.05, 4.69) is 0 Å². The van der Waals surface area contributed by atoms with Gasteiger partial charge in [-0.3, -0.25) is 0 Å². The highest BCUT2D eigenvalue weighted by atomic mass is 32.2. The lowest BCUT2D eigenvalue weighted by atomic mass is 10.2.